The van der Waals surface area contributed by atoms with Crippen LogP contribution >= 0.6 is 22.9 Å². The van der Waals surface area contributed by atoms with Gasteiger partial charge >= 0.3 is 0 Å². The molecule has 0 saturated heterocycles. The average molecular weight is 192 g/mol. The molecule has 1 rings (SSSR count). The van der Waals surface area contributed by atoms with E-state index in [-0.39, 0.29) is 0 Å². The Kier molecular flexibility index (Phi) is 6.57. The first-order chi connectivity index (χ1) is 5.24. The summed E-state index contributed by atoms with van der Waals surface area (Å²) >= 11 is 7.09. The van der Waals surface area contributed by atoms with Gasteiger partial charge in [0, 0.05) is 11.1 Å². The summed E-state index contributed by atoms with van der Waals surface area (Å²) in [7, 11) is 0. The Balaban J connectivity index is 0.000000292. The summed E-state index contributed by atoms with van der Waals surface area (Å²) in [5, 5.41) is 0. The van der Waals surface area contributed by atoms with E-state index >= 15 is 0 Å². The number of hydrogen-bond donors (Lipinski definition) is 0. The lowest BCUT2D eigenvalue weighted by Crippen LogP contribution is -1.64. The molecule has 0 N–H and O–H groups in total. The second-order valence-electron chi connectivity index (χ2n) is 2.14. The molecular formula is C8H14ClNS. The third-order valence-corrected chi connectivity index (χ3v) is 2.13. The van der Waals surface area contributed by atoms with Gasteiger partial charge in [-0.15, -0.1) is 11.3 Å². The molecule has 1 heterocycles. The molecule has 1 nitrogen and oxygen atoms in total. The van der Waals surface area contributed by atoms with Crippen molar-refractivity contribution in [1.29, 1.82) is 0 Å². The van der Waals surface area contributed by atoms with Crippen molar-refractivity contribution in [3.63, 3.8) is 0 Å². The van der Waals surface area contributed by atoms with Crippen LogP contribution in [0.3, 0.4) is 0 Å². The Morgan fingerprint density at radius 3 is 2.18 bits per heavy atom. The van der Waals surface area contributed by atoms with Crippen LogP contribution in [-0.2, 0) is 6.42 Å². The molecule has 3 heteroatoms. The van der Waals surface area contributed by atoms with Gasteiger partial charge in [0.15, 0.2) is 4.47 Å². The summed E-state index contributed by atoms with van der Waals surface area (Å²) in [4.78, 5) is 5.12. The number of halogens is 1. The third kappa shape index (κ3) is 5.22. The first-order valence-corrected chi connectivity index (χ1v) is 5.04. The van der Waals surface area contributed by atoms with Crippen molar-refractivity contribution in [2.45, 2.75) is 33.6 Å². The van der Waals surface area contributed by atoms with Gasteiger partial charge in [0.05, 0.1) is 0 Å². The number of aryl methyl sites for hydroxylation is 1. The number of thiazole rings is 1. The molecule has 0 radical (unpaired) electrons. The van der Waals surface area contributed by atoms with Gasteiger partial charge in [0.2, 0.25) is 0 Å². The van der Waals surface area contributed by atoms with Gasteiger partial charge in [-0.1, -0.05) is 38.8 Å². The third-order valence-electron chi connectivity index (χ3n) is 0.874. The number of rotatable bonds is 1. The summed E-state index contributed by atoms with van der Waals surface area (Å²) in [5.41, 5.74) is 0. The predicted octanol–water partition coefficient (Wildman–Crippen LogP) is 3.78. The van der Waals surface area contributed by atoms with Gasteiger partial charge in [-0.05, 0) is 6.42 Å². The molecule has 1 aromatic heterocycles. The summed E-state index contributed by atoms with van der Waals surface area (Å²) in [6, 6.07) is 0. The van der Waals surface area contributed by atoms with Crippen molar-refractivity contribution in [2.75, 3.05) is 0 Å². The van der Waals surface area contributed by atoms with Crippen molar-refractivity contribution in [3.8, 4) is 0 Å². The smallest absolute Gasteiger partial charge is 0.183 e. The van der Waals surface area contributed by atoms with E-state index in [0.29, 0.717) is 4.47 Å². The van der Waals surface area contributed by atoms with Crippen LogP contribution in [0.1, 0.15) is 32.1 Å². The van der Waals surface area contributed by atoms with E-state index in [1.807, 2.05) is 6.20 Å². The SMILES string of the molecule is CCC.CCc1cnc(Cl)s1. The number of hydrogen-bond acceptors (Lipinski definition) is 2. The zero-order valence-corrected chi connectivity index (χ0v) is 8.80. The van der Waals surface area contributed by atoms with Crippen molar-refractivity contribution >= 4 is 22.9 Å². The van der Waals surface area contributed by atoms with E-state index in [4.69, 9.17) is 11.6 Å². The van der Waals surface area contributed by atoms with Crippen LogP contribution in [0.4, 0.5) is 0 Å². The highest BCUT2D eigenvalue weighted by molar-refractivity contribution is 7.15. The number of aromatic nitrogens is 1. The molecule has 11 heavy (non-hydrogen) atoms. The van der Waals surface area contributed by atoms with Crippen molar-refractivity contribution < 1.29 is 0 Å². The first kappa shape index (κ1) is 10.9. The molecule has 0 saturated carbocycles. The van der Waals surface area contributed by atoms with Gasteiger partial charge < -0.3 is 0 Å². The molecule has 0 bridgehead atoms. The molecule has 0 aliphatic carbocycles. The highest BCUT2D eigenvalue weighted by Gasteiger charge is 1.93. The number of nitrogens with zero attached hydrogens (tertiary/aromatic N) is 1. The van der Waals surface area contributed by atoms with Crippen molar-refractivity contribution in [2.24, 2.45) is 0 Å². The van der Waals surface area contributed by atoms with E-state index < -0.39 is 0 Å². The summed E-state index contributed by atoms with van der Waals surface area (Å²) in [6.07, 6.45) is 4.09. The average Bonchev–Trinajstić information content (AvgIpc) is 2.37. The molecule has 0 aliphatic heterocycles. The van der Waals surface area contributed by atoms with Gasteiger partial charge in [0.25, 0.3) is 0 Å². The monoisotopic (exact) mass is 191 g/mol. The molecule has 0 aromatic carbocycles. The Morgan fingerprint density at radius 2 is 2.00 bits per heavy atom. The second-order valence-corrected chi connectivity index (χ2v) is 3.84. The lowest BCUT2D eigenvalue weighted by Gasteiger charge is -1.77. The van der Waals surface area contributed by atoms with Gasteiger partial charge in [0.1, 0.15) is 0 Å². The molecule has 1 aromatic rings. The van der Waals surface area contributed by atoms with Crippen LogP contribution in [0.5, 0.6) is 0 Å². The minimum Gasteiger partial charge on any atom is -0.233 e. The highest BCUT2D eigenvalue weighted by Crippen LogP contribution is 2.17. The Morgan fingerprint density at radius 1 is 1.45 bits per heavy atom. The normalized spacial score (nSPS) is 8.73. The van der Waals surface area contributed by atoms with E-state index in [2.05, 4.69) is 25.8 Å². The minimum absolute atomic E-state index is 0.641. The summed E-state index contributed by atoms with van der Waals surface area (Å²) in [5.74, 6) is 0. The molecule has 0 amide bonds. The fourth-order valence-electron chi connectivity index (χ4n) is 0.447. The second kappa shape index (κ2) is 6.62. The van der Waals surface area contributed by atoms with Gasteiger partial charge in [-0.25, -0.2) is 4.98 Å². The lowest BCUT2D eigenvalue weighted by atomic mass is 10.4. The zero-order valence-electron chi connectivity index (χ0n) is 7.22. The zero-order chi connectivity index (χ0) is 8.69. The molecule has 0 atom stereocenters. The van der Waals surface area contributed by atoms with E-state index in [9.17, 15) is 0 Å². The maximum Gasteiger partial charge on any atom is 0.183 e. The molecular weight excluding hydrogens is 178 g/mol. The fourth-order valence-corrected chi connectivity index (χ4v) is 1.36. The maximum atomic E-state index is 5.55. The van der Waals surface area contributed by atoms with Crippen LogP contribution in [0.2, 0.25) is 4.47 Å². The van der Waals surface area contributed by atoms with Crippen LogP contribution < -0.4 is 0 Å². The molecule has 0 unspecified atom stereocenters. The standard InChI is InChI=1S/C5H6ClNS.C3H8/c1-2-4-3-7-5(6)8-4;1-3-2/h3H,2H2,1H3;3H2,1-2H3. The predicted molar refractivity (Wildman–Crippen MR) is 52.5 cm³/mol. The van der Waals surface area contributed by atoms with Crippen LogP contribution in [-0.4, -0.2) is 4.98 Å². The minimum atomic E-state index is 0.641. The van der Waals surface area contributed by atoms with Gasteiger partial charge in [-0.3, -0.25) is 0 Å². The topological polar surface area (TPSA) is 12.9 Å². The van der Waals surface area contributed by atoms with E-state index in [1.165, 1.54) is 11.3 Å². The summed E-state index contributed by atoms with van der Waals surface area (Å²) < 4.78 is 0.641. The molecule has 64 valence electrons. The Labute approximate surface area is 77.4 Å². The van der Waals surface area contributed by atoms with Crippen LogP contribution in [0, 0.1) is 0 Å². The molecule has 0 aliphatic rings. The maximum absolute atomic E-state index is 5.55. The Hall–Kier alpha value is -0.0800. The van der Waals surface area contributed by atoms with E-state index in [1.54, 1.807) is 11.3 Å². The summed E-state index contributed by atoms with van der Waals surface area (Å²) in [6.45, 7) is 6.34. The van der Waals surface area contributed by atoms with Crippen molar-refractivity contribution in [1.82, 2.24) is 4.98 Å². The Bertz CT molecular complexity index is 186. The van der Waals surface area contributed by atoms with Crippen LogP contribution in [0.15, 0.2) is 6.20 Å². The lowest BCUT2D eigenvalue weighted by molar-refractivity contribution is 1.09. The largest absolute Gasteiger partial charge is 0.233 e. The van der Waals surface area contributed by atoms with Gasteiger partial charge in [-0.2, -0.15) is 0 Å². The van der Waals surface area contributed by atoms with E-state index in [0.717, 1.165) is 6.42 Å². The fraction of sp³-hybridized carbons (Fsp3) is 0.625. The highest BCUT2D eigenvalue weighted by atomic mass is 35.5. The molecule has 0 fully saturated rings. The first-order valence-electron chi connectivity index (χ1n) is 3.84. The molecule has 0 spiro atoms. The van der Waals surface area contributed by atoms with Crippen LogP contribution in [0.25, 0.3) is 0 Å². The quantitative estimate of drug-likeness (QED) is 0.659. The van der Waals surface area contributed by atoms with Crippen molar-refractivity contribution in [3.05, 3.63) is 15.5 Å².